The van der Waals surface area contributed by atoms with Crippen LogP contribution < -0.4 is 18.3 Å². The minimum absolute atomic E-state index is 0.243. The van der Waals surface area contributed by atoms with Gasteiger partial charge in [-0.15, -0.1) is 0 Å². The lowest BCUT2D eigenvalue weighted by Gasteiger charge is -2.19. The normalized spacial score (nSPS) is 11.9. The lowest BCUT2D eigenvalue weighted by atomic mass is 9.86. The van der Waals surface area contributed by atoms with Gasteiger partial charge in [0.25, 0.3) is 0 Å². The van der Waals surface area contributed by atoms with Gasteiger partial charge in [0.1, 0.15) is 28.2 Å². The Hall–Kier alpha value is -12.8. The Morgan fingerprint density at radius 3 is 1.13 bits per heavy atom. The van der Waals surface area contributed by atoms with E-state index in [0.29, 0.717) is 28.8 Å². The summed E-state index contributed by atoms with van der Waals surface area (Å²) in [5, 5.41) is 15.2. The maximum absolute atomic E-state index is 6.33. The molecule has 0 atom stereocenters. The quantitative estimate of drug-likeness (QED) is 0.131. The largest absolute Gasteiger partial charge is 0.437 e. The van der Waals surface area contributed by atoms with Gasteiger partial charge in [-0.2, -0.15) is 13.7 Å². The van der Waals surface area contributed by atoms with E-state index < -0.39 is 0 Å². The van der Waals surface area contributed by atoms with E-state index in [9.17, 15) is 0 Å². The fourth-order valence-corrected chi connectivity index (χ4v) is 17.8. The zero-order chi connectivity index (χ0) is 81.7. The summed E-state index contributed by atoms with van der Waals surface area (Å²) in [4.78, 5) is 18.5. The van der Waals surface area contributed by atoms with Crippen LogP contribution in [0.5, 0.6) is 0 Å². The number of pyridine rings is 8. The van der Waals surface area contributed by atoms with E-state index in [0.717, 1.165) is 153 Å². The Kier molecular flexibility index (Phi) is 20.0. The van der Waals surface area contributed by atoms with E-state index in [4.69, 9.17) is 17.7 Å². The smallest absolute Gasteiger partial charge is 0.227 e. The van der Waals surface area contributed by atoms with Gasteiger partial charge in [-0.05, 0) is 222 Å². The summed E-state index contributed by atoms with van der Waals surface area (Å²) in [7, 11) is 8.55. The number of nitrogens with zero attached hydrogens (tertiary/aromatic N) is 8. The Morgan fingerprint density at radius 1 is 0.342 bits per heavy atom. The summed E-state index contributed by atoms with van der Waals surface area (Å²) in [6.45, 7) is 32.4. The average molecular weight is 1540 g/mol. The SMILES string of the molecule is CCCc1cccc2c1ccc(-c1c(C)ccc3c1oc1nc(C)ccc13)[n+]2C.Cc1ccc2c(n1)oc1c(-c3c4ccccc4cc[n+]3C)c(C)c(C)cc12.Cc1ccc2c(n1)oc1c(-c3ccc4c(CC(C)(C)C)cccc4[n+]3C)c(C)ccc12.Cc1ccc2c(n1)oc1c(-c3ccc4c(CC(C)C)cccc4[n+]3C)c(C)ccc12. The predicted octanol–water partition coefficient (Wildman–Crippen LogP) is 25.0. The first-order chi connectivity index (χ1) is 56.3. The number of hydrogen-bond donors (Lipinski definition) is 0. The third-order valence-corrected chi connectivity index (χ3v) is 23.7. The van der Waals surface area contributed by atoms with Gasteiger partial charge in [-0.3, -0.25) is 0 Å². The maximum atomic E-state index is 6.33. The highest BCUT2D eigenvalue weighted by molar-refractivity contribution is 6.14. The van der Waals surface area contributed by atoms with Gasteiger partial charge in [0.2, 0.25) is 62.2 Å². The van der Waals surface area contributed by atoms with Crippen molar-refractivity contribution in [2.45, 2.75) is 130 Å². The number of fused-ring (bicyclic) bond motifs is 16. The molecule has 0 unspecified atom stereocenters. The Labute approximate surface area is 683 Å². The fourth-order valence-electron chi connectivity index (χ4n) is 17.8. The van der Waals surface area contributed by atoms with E-state index in [2.05, 4.69) is 337 Å². The number of furan rings is 4. The topological polar surface area (TPSA) is 120 Å². The molecule has 0 amide bonds. The van der Waals surface area contributed by atoms with Crippen molar-refractivity contribution >= 4 is 132 Å². The molecule has 582 valence electrons. The third-order valence-electron chi connectivity index (χ3n) is 23.7. The molecule has 12 heterocycles. The zero-order valence-corrected chi connectivity index (χ0v) is 70.9. The van der Waals surface area contributed by atoms with Crippen molar-refractivity contribution in [1.29, 1.82) is 0 Å². The first-order valence-electron chi connectivity index (χ1n) is 41.1. The lowest BCUT2D eigenvalue weighted by molar-refractivity contribution is -0.659. The van der Waals surface area contributed by atoms with Crippen molar-refractivity contribution in [1.82, 2.24) is 19.9 Å². The van der Waals surface area contributed by atoms with Crippen LogP contribution in [0.15, 0.2) is 236 Å². The van der Waals surface area contributed by atoms with Crippen LogP contribution in [-0.2, 0) is 47.5 Å². The van der Waals surface area contributed by atoms with Gasteiger partial charge >= 0.3 is 0 Å². The van der Waals surface area contributed by atoms with E-state index >= 15 is 0 Å². The van der Waals surface area contributed by atoms with Gasteiger partial charge in [-0.1, -0.05) is 139 Å². The second-order valence-electron chi connectivity index (χ2n) is 33.9. The van der Waals surface area contributed by atoms with Gasteiger partial charge < -0.3 is 17.7 Å². The number of aryl methyl sites for hydroxylation is 13. The first kappa shape index (κ1) is 76.8. The van der Waals surface area contributed by atoms with E-state index in [1.807, 2.05) is 52.0 Å². The van der Waals surface area contributed by atoms with Crippen molar-refractivity contribution < 1.29 is 35.9 Å². The van der Waals surface area contributed by atoms with E-state index in [-0.39, 0.29) is 5.41 Å². The Bertz CT molecular complexity index is 7410. The number of rotatable bonds is 9. The monoisotopic (exact) mass is 1540 g/mol. The molecule has 0 saturated heterocycles. The summed E-state index contributed by atoms with van der Waals surface area (Å²) in [6, 6.07) is 75.9. The van der Waals surface area contributed by atoms with Crippen LogP contribution in [0, 0.1) is 73.6 Å². The summed E-state index contributed by atoms with van der Waals surface area (Å²) in [5.41, 5.74) is 33.8. The van der Waals surface area contributed by atoms with E-state index in [1.54, 1.807) is 0 Å². The lowest BCUT2D eigenvalue weighted by Crippen LogP contribution is -2.32. The van der Waals surface area contributed by atoms with Crippen molar-refractivity contribution in [2.24, 2.45) is 39.5 Å². The summed E-state index contributed by atoms with van der Waals surface area (Å²) in [6.07, 6.45) is 6.50. The molecule has 8 aromatic carbocycles. The highest BCUT2D eigenvalue weighted by Crippen LogP contribution is 2.44. The van der Waals surface area contributed by atoms with Gasteiger partial charge in [-0.25, -0.2) is 24.5 Å². The molecule has 20 rings (SSSR count). The molecule has 0 radical (unpaired) electrons. The highest BCUT2D eigenvalue weighted by Gasteiger charge is 2.30. The summed E-state index contributed by atoms with van der Waals surface area (Å²) >= 11 is 0. The second kappa shape index (κ2) is 30.4. The molecule has 0 spiro atoms. The Balaban J connectivity index is 0.000000112. The molecule has 0 aliphatic carbocycles. The minimum Gasteiger partial charge on any atom is -0.437 e. The molecule has 0 aliphatic heterocycles. The Morgan fingerprint density at radius 2 is 0.709 bits per heavy atom. The van der Waals surface area contributed by atoms with Gasteiger partial charge in [0, 0.05) is 124 Å². The molecule has 12 aromatic heterocycles. The molecule has 0 N–H and O–H groups in total. The average Bonchev–Trinajstić information content (AvgIpc) is 1.67. The number of aromatic nitrogens is 8. The molecular formula is C105H102N8O4+4. The first-order valence-corrected chi connectivity index (χ1v) is 41.1. The van der Waals surface area contributed by atoms with Crippen LogP contribution in [0.4, 0.5) is 0 Å². The number of hydrogen-bond acceptors (Lipinski definition) is 8. The molecule has 0 saturated carbocycles. The fraction of sp³-hybridized carbons (Fsp3) is 0.238. The van der Waals surface area contributed by atoms with E-state index in [1.165, 1.54) is 93.7 Å². The van der Waals surface area contributed by atoms with Crippen LogP contribution in [-0.4, -0.2) is 19.9 Å². The van der Waals surface area contributed by atoms with Crippen LogP contribution in [0.3, 0.4) is 0 Å². The number of benzene rings is 8. The standard InChI is InChI=1S/C28H29N2O.C27H27N2O.C26H25N2O.C24H21N2O/c1-17-10-12-21-22-13-11-18(2)29-27(22)31-26(21)25(17)24-15-14-20-19(16-28(3,4)5)8-7-9-23(20)30(24)6;1-16(2)15-19-7-6-8-23-20(19)13-14-24(29(23)5)25-17(3)9-11-21-22-12-10-18(4)28-27(22)30-26(21)25;1-5-7-18-8-6-9-22-19(18)14-15-23(28(22)4)24-16(2)10-12-20-21-13-11-17(3)27-26(21)29-25(20)24;1-14-13-20-19-10-9-15(2)25-24(19)27-23(20)21(16(14)3)22-18-8-6-5-7-17(18)11-12-26(22)4/h7-15H,16H2,1-6H3;6-14,16H,15H2,1-5H3;6,8-15H,5,7H2,1-4H3;5-13H,1-4H3/q4*+1. The van der Waals surface area contributed by atoms with Gasteiger partial charge in [0.05, 0.1) is 27.6 Å². The predicted molar refractivity (Wildman–Crippen MR) is 481 cm³/mol. The minimum atomic E-state index is 0.243. The maximum Gasteiger partial charge on any atom is 0.227 e. The van der Waals surface area contributed by atoms with Crippen molar-refractivity contribution in [3.05, 3.63) is 286 Å². The van der Waals surface area contributed by atoms with Crippen LogP contribution >= 0.6 is 0 Å². The van der Waals surface area contributed by atoms with Crippen molar-refractivity contribution in [3.8, 4) is 45.0 Å². The molecule has 20 aromatic rings. The molecular weight excluding hydrogens is 1440 g/mol. The molecule has 0 fully saturated rings. The third kappa shape index (κ3) is 14.0. The van der Waals surface area contributed by atoms with Gasteiger partial charge in [0.15, 0.2) is 28.5 Å². The van der Waals surface area contributed by atoms with Crippen LogP contribution in [0.2, 0.25) is 0 Å². The van der Waals surface area contributed by atoms with Crippen LogP contribution in [0.1, 0.15) is 115 Å². The molecule has 117 heavy (non-hydrogen) atoms. The summed E-state index contributed by atoms with van der Waals surface area (Å²) < 4.78 is 34.4. The highest BCUT2D eigenvalue weighted by atomic mass is 16.4. The molecule has 12 nitrogen and oxygen atoms in total. The molecule has 0 aliphatic rings. The van der Waals surface area contributed by atoms with Crippen molar-refractivity contribution in [2.75, 3.05) is 0 Å². The molecule has 0 bridgehead atoms. The van der Waals surface area contributed by atoms with Crippen LogP contribution in [0.25, 0.3) is 177 Å². The second-order valence-corrected chi connectivity index (χ2v) is 33.9. The zero-order valence-electron chi connectivity index (χ0n) is 70.9. The molecule has 12 heteroatoms. The summed E-state index contributed by atoms with van der Waals surface area (Å²) in [5.74, 6) is 0.628. The van der Waals surface area contributed by atoms with Crippen molar-refractivity contribution in [3.63, 3.8) is 0 Å².